The molecule has 0 saturated heterocycles. The molecule has 132 valence electrons. The molecule has 6 N–H and O–H groups in total. The Morgan fingerprint density at radius 3 is 2.72 bits per heavy atom. The predicted octanol–water partition coefficient (Wildman–Crippen LogP) is -0.964. The number of nitrogens with one attached hydrogen (secondary N) is 1. The summed E-state index contributed by atoms with van der Waals surface area (Å²) in [5.41, 5.74) is 6.24. The van der Waals surface area contributed by atoms with Crippen molar-refractivity contribution in [2.24, 2.45) is 10.7 Å². The molecule has 2 rings (SSSR count). The first-order valence-corrected chi connectivity index (χ1v) is 7.25. The number of aromatic amines is 1. The highest BCUT2D eigenvalue weighted by Gasteiger charge is 2.24. The Balaban J connectivity index is 2.12. The molecule has 0 amide bonds. The number of H-pyrrole nitrogens is 1. The van der Waals surface area contributed by atoms with Gasteiger partial charge in [-0.05, 0) is 17.7 Å². The molecule has 2 atom stereocenters. The van der Waals surface area contributed by atoms with Crippen LogP contribution >= 0.6 is 0 Å². The molecule has 2 heterocycles. The second-order valence-corrected chi connectivity index (χ2v) is 5.44. The Hall–Kier alpha value is -3.27. The first-order chi connectivity index (χ1) is 11.8. The van der Waals surface area contributed by atoms with Crippen LogP contribution in [0.15, 0.2) is 35.2 Å². The van der Waals surface area contributed by atoms with Crippen molar-refractivity contribution < 1.29 is 34.3 Å². The largest absolute Gasteiger partial charge is 0.480 e. The Morgan fingerprint density at radius 1 is 1.40 bits per heavy atom. The van der Waals surface area contributed by atoms with Gasteiger partial charge in [-0.3, -0.25) is 9.79 Å². The molecule has 0 bridgehead atoms. The third-order valence-corrected chi connectivity index (χ3v) is 3.47. The minimum atomic E-state index is -1.30. The maximum atomic E-state index is 11.1. The topological polar surface area (TPSA) is 170 Å². The Labute approximate surface area is 141 Å². The van der Waals surface area contributed by atoms with Crippen LogP contribution in [0.25, 0.3) is 6.20 Å². The quantitative estimate of drug-likeness (QED) is 0.394. The summed E-state index contributed by atoms with van der Waals surface area (Å²) in [6, 6.07) is -2.17. The summed E-state index contributed by atoms with van der Waals surface area (Å²) in [5, 5.41) is 26.9. The molecule has 1 aliphatic heterocycles. The number of allylic oxidation sites excluding steroid dienone is 1. The smallest absolute Gasteiger partial charge is 0.354 e. The van der Waals surface area contributed by atoms with Crippen molar-refractivity contribution in [2.45, 2.75) is 24.9 Å². The summed E-state index contributed by atoms with van der Waals surface area (Å²) in [5.74, 6) is -3.60. The van der Waals surface area contributed by atoms with Crippen LogP contribution in [0.1, 0.15) is 12.1 Å². The van der Waals surface area contributed by atoms with E-state index < -0.39 is 30.0 Å². The Bertz CT molecular complexity index is 792. The molecule has 0 saturated carbocycles. The van der Waals surface area contributed by atoms with E-state index in [9.17, 15) is 14.4 Å². The Kier molecular flexibility index (Phi) is 5.45. The molecular weight excluding hydrogens is 332 g/mol. The van der Waals surface area contributed by atoms with E-state index in [1.807, 2.05) is 0 Å². The van der Waals surface area contributed by atoms with Gasteiger partial charge in [-0.1, -0.05) is 0 Å². The van der Waals surface area contributed by atoms with Gasteiger partial charge in [0.05, 0.1) is 6.20 Å². The van der Waals surface area contributed by atoms with Gasteiger partial charge >= 0.3 is 17.9 Å². The lowest BCUT2D eigenvalue weighted by Crippen LogP contribution is -2.32. The maximum Gasteiger partial charge on any atom is 0.354 e. The molecule has 0 aliphatic carbocycles. The number of imidazole rings is 1. The number of nitrogens with zero attached hydrogens (tertiary/aromatic N) is 2. The van der Waals surface area contributed by atoms with Crippen molar-refractivity contribution in [2.75, 3.05) is 0 Å². The number of dihydropyridines is 1. The van der Waals surface area contributed by atoms with E-state index in [1.165, 1.54) is 6.08 Å². The standard InChI is InChI=1S/C15H16N4O6/c16-10(13(20)21)5-9-6-19(7-17-9)2-1-8-3-11(14(22)23)18-12(4-8)15(24)25/h1-3,6-7,10,12H,4-5,16H2,(H3,20,21,22,23,24,25)/p+1/t10-,12-/m0/s1. The van der Waals surface area contributed by atoms with Gasteiger partial charge in [-0.15, -0.1) is 0 Å². The van der Waals surface area contributed by atoms with Crippen LogP contribution in [0.2, 0.25) is 0 Å². The number of aromatic nitrogens is 2. The van der Waals surface area contributed by atoms with Crippen LogP contribution in [0.3, 0.4) is 0 Å². The van der Waals surface area contributed by atoms with E-state index in [0.29, 0.717) is 11.3 Å². The number of hydrogen-bond acceptors (Lipinski definition) is 5. The van der Waals surface area contributed by atoms with Gasteiger partial charge < -0.3 is 21.1 Å². The summed E-state index contributed by atoms with van der Waals surface area (Å²) in [7, 11) is 0. The maximum absolute atomic E-state index is 11.1. The van der Waals surface area contributed by atoms with Gasteiger partial charge in [0.15, 0.2) is 6.04 Å². The van der Waals surface area contributed by atoms with Crippen molar-refractivity contribution in [1.29, 1.82) is 0 Å². The molecule has 25 heavy (non-hydrogen) atoms. The van der Waals surface area contributed by atoms with E-state index in [4.69, 9.17) is 21.1 Å². The summed E-state index contributed by atoms with van der Waals surface area (Å²) in [6.45, 7) is 0. The summed E-state index contributed by atoms with van der Waals surface area (Å²) in [6.07, 6.45) is 7.85. The first kappa shape index (κ1) is 18.1. The molecule has 0 fully saturated rings. The van der Waals surface area contributed by atoms with E-state index in [0.717, 1.165) is 0 Å². The predicted molar refractivity (Wildman–Crippen MR) is 84.8 cm³/mol. The summed E-state index contributed by atoms with van der Waals surface area (Å²) < 4.78 is 1.59. The minimum Gasteiger partial charge on any atom is -0.480 e. The molecule has 10 heteroatoms. The van der Waals surface area contributed by atoms with Gasteiger partial charge in [0.2, 0.25) is 6.33 Å². The number of aliphatic imine (C=N–C) groups is 1. The van der Waals surface area contributed by atoms with Crippen molar-refractivity contribution in [1.82, 2.24) is 4.98 Å². The number of aliphatic carboxylic acids is 3. The van der Waals surface area contributed by atoms with Crippen LogP contribution in [0.4, 0.5) is 0 Å². The molecular formula is C15H17N4O6+. The molecule has 0 spiro atoms. The number of hydrogen-bond donors (Lipinski definition) is 5. The molecule has 1 aromatic heterocycles. The van der Waals surface area contributed by atoms with Gasteiger partial charge in [-0.25, -0.2) is 19.1 Å². The van der Waals surface area contributed by atoms with Crippen LogP contribution in [0.5, 0.6) is 0 Å². The molecule has 10 nitrogen and oxygen atoms in total. The third kappa shape index (κ3) is 4.85. The molecule has 0 radical (unpaired) electrons. The monoisotopic (exact) mass is 349 g/mol. The lowest BCUT2D eigenvalue weighted by molar-refractivity contribution is -0.566. The zero-order valence-corrected chi connectivity index (χ0v) is 13.0. The van der Waals surface area contributed by atoms with Crippen LogP contribution in [0, 0.1) is 0 Å². The zero-order chi connectivity index (χ0) is 18.6. The average molecular weight is 349 g/mol. The van der Waals surface area contributed by atoms with Crippen molar-refractivity contribution >= 4 is 29.8 Å². The fraction of sp³-hybridized carbons (Fsp3) is 0.267. The first-order valence-electron chi connectivity index (χ1n) is 7.25. The van der Waals surface area contributed by atoms with E-state index in [2.05, 4.69) is 9.98 Å². The molecule has 1 aromatic rings. The van der Waals surface area contributed by atoms with Crippen molar-refractivity contribution in [3.8, 4) is 0 Å². The van der Waals surface area contributed by atoms with Crippen LogP contribution in [-0.2, 0) is 20.8 Å². The average Bonchev–Trinajstić information content (AvgIpc) is 2.99. The molecule has 0 aromatic carbocycles. The SMILES string of the molecule is N[C@@H](Cc1c[n+](C=CC2=CC(C(=O)O)=N[C@H](C(=O)O)C2)c[nH]1)C(=O)O. The number of carbonyl (C=O) groups is 3. The number of nitrogens with two attached hydrogens (primary N) is 1. The van der Waals surface area contributed by atoms with Crippen LogP contribution < -0.4 is 10.3 Å². The van der Waals surface area contributed by atoms with Gasteiger partial charge in [0, 0.05) is 12.8 Å². The minimum absolute atomic E-state index is 0.0738. The van der Waals surface area contributed by atoms with Gasteiger partial charge in [0.25, 0.3) is 0 Å². The van der Waals surface area contributed by atoms with Crippen LogP contribution in [-0.4, -0.2) is 56.0 Å². The highest BCUT2D eigenvalue weighted by atomic mass is 16.4. The number of carboxylic acid groups (broad SMARTS) is 3. The van der Waals surface area contributed by atoms with E-state index in [-0.39, 0.29) is 18.6 Å². The van der Waals surface area contributed by atoms with Crippen molar-refractivity contribution in [3.63, 3.8) is 0 Å². The van der Waals surface area contributed by atoms with E-state index >= 15 is 0 Å². The fourth-order valence-corrected chi connectivity index (χ4v) is 2.20. The number of carboxylic acids is 3. The van der Waals surface area contributed by atoms with Gasteiger partial charge in [0.1, 0.15) is 23.6 Å². The second kappa shape index (κ2) is 7.53. The van der Waals surface area contributed by atoms with E-state index in [1.54, 1.807) is 29.4 Å². The highest BCUT2D eigenvalue weighted by Crippen LogP contribution is 2.16. The highest BCUT2D eigenvalue weighted by molar-refractivity contribution is 6.41. The zero-order valence-electron chi connectivity index (χ0n) is 13.0. The lowest BCUT2D eigenvalue weighted by atomic mass is 10.0. The van der Waals surface area contributed by atoms with Gasteiger partial charge in [-0.2, -0.15) is 0 Å². The Morgan fingerprint density at radius 2 is 2.12 bits per heavy atom. The molecule has 1 aliphatic rings. The fourth-order valence-electron chi connectivity index (χ4n) is 2.20. The van der Waals surface area contributed by atoms with Crippen molar-refractivity contribution in [3.05, 3.63) is 35.9 Å². The third-order valence-electron chi connectivity index (χ3n) is 3.47. The number of rotatable bonds is 7. The summed E-state index contributed by atoms with van der Waals surface area (Å²) in [4.78, 5) is 39.4. The lowest BCUT2D eigenvalue weighted by Gasteiger charge is -2.14. The molecule has 0 unspecified atom stereocenters. The second-order valence-electron chi connectivity index (χ2n) is 5.44. The summed E-state index contributed by atoms with van der Waals surface area (Å²) >= 11 is 0. The normalized spacial score (nSPS) is 18.5.